The number of nitrogens with two attached hydrogens (primary N) is 1. The van der Waals surface area contributed by atoms with Gasteiger partial charge in [-0.25, -0.2) is 0 Å². The van der Waals surface area contributed by atoms with Crippen LogP contribution in [0.4, 0.5) is 5.69 Å². The van der Waals surface area contributed by atoms with Crippen molar-refractivity contribution in [1.82, 2.24) is 5.32 Å². The highest BCUT2D eigenvalue weighted by molar-refractivity contribution is 9.10. The van der Waals surface area contributed by atoms with E-state index in [9.17, 15) is 4.79 Å². The molecule has 1 atom stereocenters. The van der Waals surface area contributed by atoms with Gasteiger partial charge in [-0.1, -0.05) is 64.5 Å². The van der Waals surface area contributed by atoms with E-state index in [0.29, 0.717) is 41.5 Å². The van der Waals surface area contributed by atoms with E-state index < -0.39 is 6.04 Å². The van der Waals surface area contributed by atoms with Crippen molar-refractivity contribution in [2.45, 2.75) is 19.2 Å². The van der Waals surface area contributed by atoms with Gasteiger partial charge in [0.15, 0.2) is 11.5 Å². The number of rotatable bonds is 11. The van der Waals surface area contributed by atoms with Crippen LogP contribution in [-0.2, 0) is 17.9 Å². The fourth-order valence-electron chi connectivity index (χ4n) is 3.87. The molecule has 0 aliphatic rings. The number of ether oxygens (including phenoxy) is 2. The zero-order valence-electron chi connectivity index (χ0n) is 20.9. The highest BCUT2D eigenvalue weighted by atomic mass is 79.9. The summed E-state index contributed by atoms with van der Waals surface area (Å²) >= 11 is 3.48. The molecule has 0 aliphatic heterocycles. The van der Waals surface area contributed by atoms with Gasteiger partial charge >= 0.3 is 0 Å². The van der Waals surface area contributed by atoms with Crippen molar-refractivity contribution in [2.24, 2.45) is 5.73 Å². The van der Waals surface area contributed by atoms with Gasteiger partial charge in [-0.2, -0.15) is 0 Å². The predicted octanol–water partition coefficient (Wildman–Crippen LogP) is 5.79. The number of hydrogen-bond donors (Lipinski definition) is 4. The van der Waals surface area contributed by atoms with Gasteiger partial charge in [0.2, 0.25) is 5.91 Å². The lowest BCUT2D eigenvalue weighted by molar-refractivity contribution is -0.122. The lowest BCUT2D eigenvalue weighted by Crippen LogP contribution is -2.33. The van der Waals surface area contributed by atoms with Crippen LogP contribution in [0, 0.1) is 5.41 Å². The molecule has 4 aromatic carbocycles. The van der Waals surface area contributed by atoms with Crippen LogP contribution < -0.4 is 25.8 Å². The zero-order valence-corrected chi connectivity index (χ0v) is 22.5. The molecule has 5 N–H and O–H groups in total. The summed E-state index contributed by atoms with van der Waals surface area (Å²) in [6, 6.07) is 29.4. The van der Waals surface area contributed by atoms with Gasteiger partial charge in [0.05, 0.1) is 7.11 Å². The van der Waals surface area contributed by atoms with Crippen LogP contribution in [0.5, 0.6) is 11.5 Å². The van der Waals surface area contributed by atoms with E-state index in [1.54, 1.807) is 37.4 Å². The largest absolute Gasteiger partial charge is 0.493 e. The molecule has 0 saturated heterocycles. The molecule has 38 heavy (non-hydrogen) atoms. The molecular formula is C30H29BrN4O3. The maximum Gasteiger partial charge on any atom is 0.247 e. The van der Waals surface area contributed by atoms with Crippen molar-refractivity contribution in [3.8, 4) is 11.5 Å². The first-order valence-corrected chi connectivity index (χ1v) is 12.8. The van der Waals surface area contributed by atoms with Crippen molar-refractivity contribution in [2.75, 3.05) is 12.4 Å². The molecule has 0 radical (unpaired) electrons. The van der Waals surface area contributed by atoms with Gasteiger partial charge in [-0.3, -0.25) is 10.2 Å². The van der Waals surface area contributed by atoms with E-state index in [4.69, 9.17) is 20.6 Å². The number of amides is 1. The molecule has 1 amide bonds. The van der Waals surface area contributed by atoms with Gasteiger partial charge in [-0.05, 0) is 65.2 Å². The molecule has 0 aliphatic carbocycles. The van der Waals surface area contributed by atoms with Crippen molar-refractivity contribution in [3.63, 3.8) is 0 Å². The van der Waals surface area contributed by atoms with Crippen LogP contribution in [0.2, 0.25) is 0 Å². The van der Waals surface area contributed by atoms with Crippen LogP contribution in [0.25, 0.3) is 0 Å². The van der Waals surface area contributed by atoms with E-state index in [1.807, 2.05) is 66.7 Å². The molecule has 4 rings (SSSR count). The monoisotopic (exact) mass is 572 g/mol. The SMILES string of the molecule is COc1cc([C@@H](Nc2ccc(C(=N)N)cc2)C(=O)NCc2ccccc2)ccc1OCc1cccc(Br)c1. The summed E-state index contributed by atoms with van der Waals surface area (Å²) in [4.78, 5) is 13.4. The van der Waals surface area contributed by atoms with Gasteiger partial charge in [0.25, 0.3) is 0 Å². The number of amidine groups is 1. The number of halogens is 1. The number of nitrogens with one attached hydrogen (secondary N) is 3. The Bertz CT molecular complexity index is 1390. The minimum absolute atomic E-state index is 0.0168. The number of carbonyl (C=O) groups is 1. The first kappa shape index (κ1) is 26.8. The van der Waals surface area contributed by atoms with Gasteiger partial charge in [0.1, 0.15) is 18.5 Å². The van der Waals surface area contributed by atoms with Crippen molar-refractivity contribution < 1.29 is 14.3 Å². The number of benzene rings is 4. The molecule has 0 unspecified atom stereocenters. The smallest absolute Gasteiger partial charge is 0.247 e. The average Bonchev–Trinajstić information content (AvgIpc) is 2.94. The number of anilines is 1. The maximum absolute atomic E-state index is 13.4. The lowest BCUT2D eigenvalue weighted by atomic mass is 10.0. The molecule has 0 bridgehead atoms. The summed E-state index contributed by atoms with van der Waals surface area (Å²) in [5.74, 6) is 0.879. The van der Waals surface area contributed by atoms with Crippen molar-refractivity contribution in [1.29, 1.82) is 5.41 Å². The zero-order chi connectivity index (χ0) is 26.9. The number of methoxy groups -OCH3 is 1. The molecule has 4 aromatic rings. The van der Waals surface area contributed by atoms with E-state index in [1.165, 1.54) is 0 Å². The summed E-state index contributed by atoms with van der Waals surface area (Å²) in [6.45, 7) is 0.767. The van der Waals surface area contributed by atoms with Crippen LogP contribution in [0.3, 0.4) is 0 Å². The molecule has 7 nitrogen and oxygen atoms in total. The number of nitrogen functional groups attached to an aromatic ring is 1. The van der Waals surface area contributed by atoms with Crippen molar-refractivity contribution in [3.05, 3.63) is 124 Å². The highest BCUT2D eigenvalue weighted by Crippen LogP contribution is 2.32. The highest BCUT2D eigenvalue weighted by Gasteiger charge is 2.22. The standard InChI is InChI=1S/C30H29BrN4O3/c1-37-27-17-23(12-15-26(27)38-19-21-8-5-9-24(31)16-21)28(30(36)34-18-20-6-3-2-4-7-20)35-25-13-10-22(11-14-25)29(32)33/h2-17,28,35H,18-19H2,1H3,(H3,32,33)(H,34,36)/t28-/m1/s1. The molecule has 0 saturated carbocycles. The van der Waals surface area contributed by atoms with Crippen LogP contribution in [0.15, 0.2) is 102 Å². The van der Waals surface area contributed by atoms with Crippen LogP contribution in [0.1, 0.15) is 28.3 Å². The average molecular weight is 573 g/mol. The topological polar surface area (TPSA) is 109 Å². The second kappa shape index (κ2) is 12.8. The Morgan fingerprint density at radius 3 is 2.34 bits per heavy atom. The quantitative estimate of drug-likeness (QED) is 0.134. The van der Waals surface area contributed by atoms with Crippen LogP contribution in [-0.4, -0.2) is 18.9 Å². The second-order valence-electron chi connectivity index (χ2n) is 8.60. The Balaban J connectivity index is 1.57. The summed E-state index contributed by atoms with van der Waals surface area (Å²) in [6.07, 6.45) is 0. The molecule has 0 heterocycles. The minimum atomic E-state index is -0.713. The predicted molar refractivity (Wildman–Crippen MR) is 154 cm³/mol. The summed E-state index contributed by atoms with van der Waals surface area (Å²) in [5.41, 5.74) is 9.62. The number of carbonyl (C=O) groups excluding carboxylic acids is 1. The molecular weight excluding hydrogens is 544 g/mol. The third-order valence-electron chi connectivity index (χ3n) is 5.88. The Kier molecular flexibility index (Phi) is 9.00. The molecule has 8 heteroatoms. The molecule has 0 aromatic heterocycles. The number of hydrogen-bond acceptors (Lipinski definition) is 5. The van der Waals surface area contributed by atoms with E-state index >= 15 is 0 Å². The molecule has 194 valence electrons. The molecule has 0 spiro atoms. The maximum atomic E-state index is 13.4. The second-order valence-corrected chi connectivity index (χ2v) is 9.52. The first-order chi connectivity index (χ1) is 18.4. The summed E-state index contributed by atoms with van der Waals surface area (Å²) < 4.78 is 12.6. The fourth-order valence-corrected chi connectivity index (χ4v) is 4.32. The third kappa shape index (κ3) is 7.14. The van der Waals surface area contributed by atoms with E-state index in [0.717, 1.165) is 15.6 Å². The minimum Gasteiger partial charge on any atom is -0.493 e. The fraction of sp³-hybridized carbons (Fsp3) is 0.133. The van der Waals surface area contributed by atoms with Gasteiger partial charge < -0.3 is 25.8 Å². The first-order valence-electron chi connectivity index (χ1n) is 12.0. The lowest BCUT2D eigenvalue weighted by Gasteiger charge is -2.22. The Morgan fingerprint density at radius 2 is 1.66 bits per heavy atom. The van der Waals surface area contributed by atoms with Crippen molar-refractivity contribution >= 4 is 33.4 Å². The van der Waals surface area contributed by atoms with Gasteiger partial charge in [-0.15, -0.1) is 0 Å². The Labute approximate surface area is 230 Å². The Morgan fingerprint density at radius 1 is 0.921 bits per heavy atom. The van der Waals surface area contributed by atoms with E-state index in [2.05, 4.69) is 26.6 Å². The van der Waals surface area contributed by atoms with Crippen LogP contribution >= 0.6 is 15.9 Å². The molecule has 0 fully saturated rings. The summed E-state index contributed by atoms with van der Waals surface area (Å²) in [7, 11) is 1.57. The summed E-state index contributed by atoms with van der Waals surface area (Å²) in [5, 5.41) is 13.9. The van der Waals surface area contributed by atoms with E-state index in [-0.39, 0.29) is 11.7 Å². The Hall–Kier alpha value is -4.30. The normalized spacial score (nSPS) is 11.3. The third-order valence-corrected chi connectivity index (χ3v) is 6.38. The van der Waals surface area contributed by atoms with Gasteiger partial charge in [0, 0.05) is 22.3 Å².